The van der Waals surface area contributed by atoms with Gasteiger partial charge >= 0.3 is 0 Å². The molecule has 5 heteroatoms. The van der Waals surface area contributed by atoms with Crippen molar-refractivity contribution in [1.82, 2.24) is 4.90 Å². The molecule has 1 aliphatic rings. The van der Waals surface area contributed by atoms with Gasteiger partial charge in [0.05, 0.1) is 4.92 Å². The Kier molecular flexibility index (Phi) is 4.95. The Bertz CT molecular complexity index is 476. The first-order chi connectivity index (χ1) is 9.63. The predicted molar refractivity (Wildman–Crippen MR) is 80.9 cm³/mol. The van der Waals surface area contributed by atoms with E-state index in [-0.39, 0.29) is 10.6 Å². The monoisotopic (exact) mass is 277 g/mol. The van der Waals surface area contributed by atoms with Gasteiger partial charge in [-0.15, -0.1) is 0 Å². The molecule has 0 amide bonds. The molecule has 0 saturated carbocycles. The first kappa shape index (κ1) is 14.8. The summed E-state index contributed by atoms with van der Waals surface area (Å²) in [4.78, 5) is 13.0. The Morgan fingerprint density at radius 1 is 1.50 bits per heavy atom. The maximum Gasteiger partial charge on any atom is 0.292 e. The first-order valence-corrected chi connectivity index (χ1v) is 7.31. The van der Waals surface area contributed by atoms with E-state index in [9.17, 15) is 10.1 Å². The number of nitrogens with zero attached hydrogens (tertiary/aromatic N) is 2. The van der Waals surface area contributed by atoms with Gasteiger partial charge in [0.25, 0.3) is 5.69 Å². The average Bonchev–Trinajstić information content (AvgIpc) is 2.86. The van der Waals surface area contributed by atoms with E-state index >= 15 is 0 Å². The summed E-state index contributed by atoms with van der Waals surface area (Å²) in [5.41, 5.74) is 1.87. The smallest absolute Gasteiger partial charge is 0.292 e. The molecule has 110 valence electrons. The second-order valence-corrected chi connectivity index (χ2v) is 5.54. The molecular formula is C15H23N3O2. The highest BCUT2D eigenvalue weighted by atomic mass is 16.6. The zero-order chi connectivity index (χ0) is 14.5. The lowest BCUT2D eigenvalue weighted by molar-refractivity contribution is -0.384. The van der Waals surface area contributed by atoms with E-state index < -0.39 is 0 Å². The molecule has 1 unspecified atom stereocenters. The van der Waals surface area contributed by atoms with Crippen LogP contribution in [-0.2, 0) is 6.54 Å². The Morgan fingerprint density at radius 3 is 2.95 bits per heavy atom. The van der Waals surface area contributed by atoms with Crippen molar-refractivity contribution in [3.63, 3.8) is 0 Å². The minimum absolute atomic E-state index is 0.140. The number of nitrogens with one attached hydrogen (secondary N) is 1. The van der Waals surface area contributed by atoms with Crippen LogP contribution in [0.25, 0.3) is 0 Å². The molecule has 20 heavy (non-hydrogen) atoms. The van der Waals surface area contributed by atoms with Gasteiger partial charge in [-0.2, -0.15) is 0 Å². The van der Waals surface area contributed by atoms with Crippen LogP contribution in [0.4, 0.5) is 11.4 Å². The number of hydrogen-bond acceptors (Lipinski definition) is 4. The first-order valence-electron chi connectivity index (χ1n) is 7.31. The van der Waals surface area contributed by atoms with Crippen molar-refractivity contribution >= 4 is 11.4 Å². The van der Waals surface area contributed by atoms with Gasteiger partial charge < -0.3 is 5.32 Å². The summed E-state index contributed by atoms with van der Waals surface area (Å²) in [6.07, 6.45) is 3.83. The Labute approximate surface area is 120 Å². The van der Waals surface area contributed by atoms with Gasteiger partial charge in [0.15, 0.2) is 0 Å². The number of likely N-dealkylation sites (tertiary alicyclic amines) is 1. The fourth-order valence-electron chi connectivity index (χ4n) is 3.00. The predicted octanol–water partition coefficient (Wildman–Crippen LogP) is 3.26. The number of nitro benzene ring substituents is 1. The highest BCUT2D eigenvalue weighted by molar-refractivity contribution is 5.62. The minimum atomic E-state index is -0.344. The molecular weight excluding hydrogens is 254 g/mol. The van der Waals surface area contributed by atoms with Gasteiger partial charge in [0.2, 0.25) is 0 Å². The van der Waals surface area contributed by atoms with Gasteiger partial charge in [-0.25, -0.2) is 0 Å². The van der Waals surface area contributed by atoms with Gasteiger partial charge in [-0.05, 0) is 36.9 Å². The molecule has 1 atom stereocenters. The van der Waals surface area contributed by atoms with Crippen molar-refractivity contribution in [2.45, 2.75) is 32.7 Å². The zero-order valence-corrected chi connectivity index (χ0v) is 12.3. The molecule has 0 radical (unpaired) electrons. The van der Waals surface area contributed by atoms with Crippen molar-refractivity contribution < 1.29 is 4.92 Å². The maximum absolute atomic E-state index is 10.9. The van der Waals surface area contributed by atoms with Crippen LogP contribution in [0.5, 0.6) is 0 Å². The van der Waals surface area contributed by atoms with Crippen LogP contribution in [0.3, 0.4) is 0 Å². The van der Waals surface area contributed by atoms with Crippen molar-refractivity contribution in [2.75, 3.05) is 25.5 Å². The summed E-state index contributed by atoms with van der Waals surface area (Å²) in [7, 11) is 1.72. The average molecular weight is 277 g/mol. The molecule has 1 heterocycles. The van der Waals surface area contributed by atoms with Gasteiger partial charge in [0.1, 0.15) is 5.69 Å². The minimum Gasteiger partial charge on any atom is -0.383 e. The summed E-state index contributed by atoms with van der Waals surface area (Å²) >= 11 is 0. The third kappa shape index (κ3) is 3.48. The molecule has 1 aliphatic heterocycles. The molecule has 0 aromatic heterocycles. The van der Waals surface area contributed by atoms with Crippen molar-refractivity contribution in [2.24, 2.45) is 5.92 Å². The van der Waals surface area contributed by atoms with E-state index in [4.69, 9.17) is 0 Å². The summed E-state index contributed by atoms with van der Waals surface area (Å²) in [6, 6.07) is 5.36. The highest BCUT2D eigenvalue weighted by Gasteiger charge is 2.22. The number of rotatable bonds is 6. The summed E-state index contributed by atoms with van der Waals surface area (Å²) < 4.78 is 0. The SMILES string of the molecule is CCCC1CCN(Cc2ccc([N+](=O)[O-])c(NC)c2)C1. The quantitative estimate of drug-likeness (QED) is 0.640. The van der Waals surface area contributed by atoms with E-state index in [0.29, 0.717) is 5.69 Å². The topological polar surface area (TPSA) is 58.4 Å². The summed E-state index contributed by atoms with van der Waals surface area (Å²) in [5.74, 6) is 0.821. The molecule has 1 aromatic carbocycles. The highest BCUT2D eigenvalue weighted by Crippen LogP contribution is 2.27. The maximum atomic E-state index is 10.9. The van der Waals surface area contributed by atoms with E-state index in [1.807, 2.05) is 12.1 Å². The van der Waals surface area contributed by atoms with Crippen molar-refractivity contribution in [1.29, 1.82) is 0 Å². The molecule has 1 aromatic rings. The van der Waals surface area contributed by atoms with Crippen LogP contribution in [0.1, 0.15) is 31.7 Å². The lowest BCUT2D eigenvalue weighted by Crippen LogP contribution is -2.20. The molecule has 5 nitrogen and oxygen atoms in total. The Morgan fingerprint density at radius 2 is 2.30 bits per heavy atom. The summed E-state index contributed by atoms with van der Waals surface area (Å²) in [6.45, 7) is 5.40. The van der Waals surface area contributed by atoms with E-state index in [0.717, 1.165) is 31.1 Å². The van der Waals surface area contributed by atoms with Crippen LogP contribution < -0.4 is 5.32 Å². The van der Waals surface area contributed by atoms with Crippen LogP contribution in [-0.4, -0.2) is 30.0 Å². The Hall–Kier alpha value is -1.62. The number of nitro groups is 1. The van der Waals surface area contributed by atoms with Crippen LogP contribution in [0, 0.1) is 16.0 Å². The second-order valence-electron chi connectivity index (χ2n) is 5.54. The van der Waals surface area contributed by atoms with Crippen molar-refractivity contribution in [3.05, 3.63) is 33.9 Å². The molecule has 0 bridgehead atoms. The molecule has 0 aliphatic carbocycles. The molecule has 1 N–H and O–H groups in total. The lowest BCUT2D eigenvalue weighted by Gasteiger charge is -2.16. The second kappa shape index (κ2) is 6.70. The standard InChI is InChI=1S/C15H23N3O2/c1-3-4-12-7-8-17(10-12)11-13-5-6-15(18(19)20)14(9-13)16-2/h5-6,9,12,16H,3-4,7-8,10-11H2,1-2H3. The van der Waals surface area contributed by atoms with Crippen LogP contribution in [0.15, 0.2) is 18.2 Å². The molecule has 0 spiro atoms. The lowest BCUT2D eigenvalue weighted by atomic mass is 10.0. The Balaban J connectivity index is 2.02. The fraction of sp³-hybridized carbons (Fsp3) is 0.600. The van der Waals surface area contributed by atoms with Gasteiger partial charge in [-0.3, -0.25) is 15.0 Å². The summed E-state index contributed by atoms with van der Waals surface area (Å²) in [5, 5.41) is 13.8. The molecule has 1 fully saturated rings. The third-order valence-electron chi connectivity index (χ3n) is 4.00. The normalized spacial score (nSPS) is 19.2. The van der Waals surface area contributed by atoms with Crippen LogP contribution >= 0.6 is 0 Å². The third-order valence-corrected chi connectivity index (χ3v) is 4.00. The van der Waals surface area contributed by atoms with E-state index in [2.05, 4.69) is 17.1 Å². The largest absolute Gasteiger partial charge is 0.383 e. The van der Waals surface area contributed by atoms with Crippen molar-refractivity contribution in [3.8, 4) is 0 Å². The number of anilines is 1. The van der Waals surface area contributed by atoms with E-state index in [1.165, 1.54) is 19.3 Å². The zero-order valence-electron chi connectivity index (χ0n) is 12.3. The van der Waals surface area contributed by atoms with E-state index in [1.54, 1.807) is 13.1 Å². The number of benzene rings is 1. The molecule has 1 saturated heterocycles. The van der Waals surface area contributed by atoms with Crippen LogP contribution in [0.2, 0.25) is 0 Å². The number of hydrogen-bond donors (Lipinski definition) is 1. The van der Waals surface area contributed by atoms with Gasteiger partial charge in [-0.1, -0.05) is 19.4 Å². The molecule has 2 rings (SSSR count). The fourth-order valence-corrected chi connectivity index (χ4v) is 3.00. The van der Waals surface area contributed by atoms with Gasteiger partial charge in [0, 0.05) is 26.2 Å².